The molecule has 6 rings (SSSR count). The third-order valence-corrected chi connectivity index (χ3v) is 12.4. The Balaban J connectivity index is 0.866. The number of benzene rings is 3. The van der Waals surface area contributed by atoms with Crippen LogP contribution in [0.15, 0.2) is 72.2 Å². The number of ether oxygens (including phenoxy) is 4. The van der Waals surface area contributed by atoms with Crippen LogP contribution in [-0.2, 0) is 28.6 Å². The van der Waals surface area contributed by atoms with Gasteiger partial charge in [-0.2, -0.15) is 0 Å². The Labute approximate surface area is 365 Å². The fourth-order valence-corrected chi connectivity index (χ4v) is 8.75. The molecule has 0 spiro atoms. The predicted molar refractivity (Wildman–Crippen MR) is 239 cm³/mol. The lowest BCUT2D eigenvalue weighted by Gasteiger charge is -2.35. The zero-order valence-electron chi connectivity index (χ0n) is 35.6. The normalized spacial score (nSPS) is 16.3. The minimum Gasteiger partial charge on any atom is -0.491 e. The van der Waals surface area contributed by atoms with Gasteiger partial charge in [0.15, 0.2) is 0 Å². The highest BCUT2D eigenvalue weighted by Crippen LogP contribution is 2.33. The molecule has 3 heterocycles. The molecule has 4 atom stereocenters. The van der Waals surface area contributed by atoms with E-state index in [0.717, 1.165) is 53.9 Å². The Morgan fingerprint density at radius 1 is 0.902 bits per heavy atom. The van der Waals surface area contributed by atoms with Crippen LogP contribution in [0, 0.1) is 12.3 Å². The average Bonchev–Trinajstić information content (AvgIpc) is 3.99. The molecule has 16 heteroatoms. The summed E-state index contributed by atoms with van der Waals surface area (Å²) in [5.74, 6) is -0.532. The SMILES string of the molecule is CNc1ccc(-c2nc3ccc(OCCOCCOCCOCC(=O)N[C@H](C(=O)N4C[C@H](O)C[C@H]4C(=O)N[C@@H](C)c4ccc(-c5scnc5C)cc4)C(C)(C)C)cc3s2)cc1. The number of thiazole rings is 2. The Hall–Kier alpha value is -4.97. The van der Waals surface area contributed by atoms with Crippen molar-refractivity contribution in [3.8, 4) is 26.8 Å². The van der Waals surface area contributed by atoms with Gasteiger partial charge in [0, 0.05) is 31.3 Å². The summed E-state index contributed by atoms with van der Waals surface area (Å²) in [6.45, 7) is 11.0. The number of carbonyl (C=O) groups excluding carboxylic acids is 3. The number of aryl methyl sites for hydroxylation is 1. The summed E-state index contributed by atoms with van der Waals surface area (Å²) >= 11 is 3.20. The third-order valence-electron chi connectivity index (χ3n) is 10.3. The lowest BCUT2D eigenvalue weighted by atomic mass is 9.85. The molecule has 1 fully saturated rings. The standard InChI is InChI=1S/C45H56N6O8S2/c1-28(30-7-9-31(10-8-30)40-29(2)47-27-60-40)48-42(54)37-23-34(52)25-51(37)44(55)41(45(3,4)5)50-39(53)26-58-20-19-56-17-18-57-21-22-59-35-15-16-36-38(24-35)61-43(49-36)32-11-13-33(46-6)14-12-32/h7-16,24,27-28,34,37,41,46,52H,17-23,25-26H2,1-6H3,(H,48,54)(H,50,53)/t28-,34+,37-,41+/m0/s1. The first kappa shape index (κ1) is 45.6. The Kier molecular flexibility index (Phi) is 15.8. The van der Waals surface area contributed by atoms with Crippen molar-refractivity contribution >= 4 is 56.3 Å². The van der Waals surface area contributed by atoms with Crippen LogP contribution >= 0.6 is 22.7 Å². The molecule has 3 amide bonds. The van der Waals surface area contributed by atoms with Gasteiger partial charge in [0.2, 0.25) is 17.7 Å². The van der Waals surface area contributed by atoms with Gasteiger partial charge < -0.3 is 44.9 Å². The van der Waals surface area contributed by atoms with Crippen molar-refractivity contribution in [3.05, 3.63) is 83.5 Å². The number of hydrogen-bond acceptors (Lipinski definition) is 13. The molecule has 14 nitrogen and oxygen atoms in total. The van der Waals surface area contributed by atoms with E-state index < -0.39 is 35.4 Å². The lowest BCUT2D eigenvalue weighted by molar-refractivity contribution is -0.144. The number of likely N-dealkylation sites (tertiary alicyclic amines) is 1. The summed E-state index contributed by atoms with van der Waals surface area (Å²) in [5, 5.41) is 20.5. The topological polar surface area (TPSA) is 173 Å². The van der Waals surface area contributed by atoms with Crippen LogP contribution in [0.4, 0.5) is 5.69 Å². The molecule has 1 aliphatic rings. The van der Waals surface area contributed by atoms with Crippen LogP contribution in [0.1, 0.15) is 51.4 Å². The quantitative estimate of drug-likeness (QED) is 0.0653. The maximum absolute atomic E-state index is 14.0. The van der Waals surface area contributed by atoms with Crippen molar-refractivity contribution in [2.24, 2.45) is 5.41 Å². The van der Waals surface area contributed by atoms with Crippen molar-refractivity contribution < 1.29 is 38.4 Å². The molecule has 61 heavy (non-hydrogen) atoms. The van der Waals surface area contributed by atoms with E-state index in [4.69, 9.17) is 23.9 Å². The number of aromatic nitrogens is 2. The zero-order chi connectivity index (χ0) is 43.5. The van der Waals surface area contributed by atoms with E-state index >= 15 is 0 Å². The van der Waals surface area contributed by atoms with Crippen molar-refractivity contribution in [2.45, 2.75) is 65.3 Å². The van der Waals surface area contributed by atoms with Crippen molar-refractivity contribution in [3.63, 3.8) is 0 Å². The molecule has 3 aromatic carbocycles. The number of nitrogens with zero attached hydrogens (tertiary/aromatic N) is 3. The second-order valence-corrected chi connectivity index (χ2v) is 17.9. The van der Waals surface area contributed by atoms with Crippen LogP contribution in [0.2, 0.25) is 0 Å². The number of carbonyl (C=O) groups is 3. The number of anilines is 1. The maximum atomic E-state index is 14.0. The number of amides is 3. The first-order valence-electron chi connectivity index (χ1n) is 20.4. The number of nitrogens with one attached hydrogen (secondary N) is 3. The van der Waals surface area contributed by atoms with Crippen LogP contribution < -0.4 is 20.7 Å². The van der Waals surface area contributed by atoms with Gasteiger partial charge >= 0.3 is 0 Å². The van der Waals surface area contributed by atoms with E-state index in [0.29, 0.717) is 26.4 Å². The zero-order valence-corrected chi connectivity index (χ0v) is 37.2. The molecule has 1 aliphatic heterocycles. The lowest BCUT2D eigenvalue weighted by Crippen LogP contribution is -2.58. The summed E-state index contributed by atoms with van der Waals surface area (Å²) in [6, 6.07) is 19.8. The fraction of sp³-hybridized carbons (Fsp3) is 0.444. The molecule has 1 saturated heterocycles. The van der Waals surface area contributed by atoms with Crippen LogP contribution in [0.3, 0.4) is 0 Å². The van der Waals surface area contributed by atoms with Crippen molar-refractivity contribution in [1.29, 1.82) is 0 Å². The van der Waals surface area contributed by atoms with Crippen molar-refractivity contribution in [2.75, 3.05) is 65.2 Å². The van der Waals surface area contributed by atoms with E-state index in [1.54, 1.807) is 22.7 Å². The summed E-state index contributed by atoms with van der Waals surface area (Å²) in [4.78, 5) is 52.1. The van der Waals surface area contributed by atoms with Gasteiger partial charge in [-0.1, -0.05) is 45.0 Å². The molecule has 4 N–H and O–H groups in total. The summed E-state index contributed by atoms with van der Waals surface area (Å²) in [6.07, 6.45) is -0.775. The third kappa shape index (κ3) is 12.3. The van der Waals surface area contributed by atoms with Crippen LogP contribution in [0.5, 0.6) is 5.75 Å². The average molecular weight is 873 g/mol. The molecule has 0 saturated carbocycles. The van der Waals surface area contributed by atoms with Gasteiger partial charge in [0.05, 0.1) is 71.5 Å². The fourth-order valence-electron chi connectivity index (χ4n) is 6.94. The smallest absolute Gasteiger partial charge is 0.246 e. The summed E-state index contributed by atoms with van der Waals surface area (Å²) < 4.78 is 23.7. The second kappa shape index (κ2) is 21.2. The van der Waals surface area contributed by atoms with Gasteiger partial charge in [0.25, 0.3) is 0 Å². The Bertz CT molecular complexity index is 2220. The monoisotopic (exact) mass is 872 g/mol. The predicted octanol–water partition coefficient (Wildman–Crippen LogP) is 6.24. The van der Waals surface area contributed by atoms with E-state index in [2.05, 4.69) is 33.1 Å². The Morgan fingerprint density at radius 2 is 1.57 bits per heavy atom. The molecule has 0 radical (unpaired) electrons. The molecule has 5 aromatic rings. The second-order valence-electron chi connectivity index (χ2n) is 16.0. The molecule has 0 unspecified atom stereocenters. The molecule has 0 bridgehead atoms. The minimum absolute atomic E-state index is 0.0142. The molecule has 326 valence electrons. The highest BCUT2D eigenvalue weighted by Gasteiger charge is 2.44. The largest absolute Gasteiger partial charge is 0.491 e. The van der Waals surface area contributed by atoms with Gasteiger partial charge in [-0.3, -0.25) is 14.4 Å². The minimum atomic E-state index is -0.961. The summed E-state index contributed by atoms with van der Waals surface area (Å²) in [7, 11) is 1.89. The van der Waals surface area contributed by atoms with E-state index in [9.17, 15) is 19.5 Å². The molecular weight excluding hydrogens is 817 g/mol. The number of aliphatic hydroxyl groups is 1. The first-order valence-corrected chi connectivity index (χ1v) is 22.1. The number of fused-ring (bicyclic) bond motifs is 1. The number of rotatable bonds is 20. The van der Waals surface area contributed by atoms with E-state index in [1.165, 1.54) is 4.90 Å². The van der Waals surface area contributed by atoms with Gasteiger partial charge in [0.1, 0.15) is 36.1 Å². The van der Waals surface area contributed by atoms with E-state index in [-0.39, 0.29) is 44.7 Å². The molecule has 2 aromatic heterocycles. The molecule has 0 aliphatic carbocycles. The van der Waals surface area contributed by atoms with E-state index in [1.807, 2.05) is 102 Å². The molecular formula is C45H56N6O8S2. The van der Waals surface area contributed by atoms with Gasteiger partial charge in [-0.15, -0.1) is 22.7 Å². The van der Waals surface area contributed by atoms with Gasteiger partial charge in [-0.05, 0) is 72.9 Å². The highest BCUT2D eigenvalue weighted by atomic mass is 32.1. The summed E-state index contributed by atoms with van der Waals surface area (Å²) in [5.41, 5.74) is 7.09. The van der Waals surface area contributed by atoms with Crippen LogP contribution in [-0.4, -0.2) is 116 Å². The number of hydrogen-bond donors (Lipinski definition) is 4. The number of β-amino-alcohol motifs (C(OH)–C–C–N with tert-alkyl or cyclic N) is 1. The highest BCUT2D eigenvalue weighted by molar-refractivity contribution is 7.21. The number of aliphatic hydroxyl groups excluding tert-OH is 1. The van der Waals surface area contributed by atoms with Crippen molar-refractivity contribution in [1.82, 2.24) is 25.5 Å². The van der Waals surface area contributed by atoms with Gasteiger partial charge in [-0.25, -0.2) is 9.97 Å². The Morgan fingerprint density at radius 3 is 2.23 bits per heavy atom. The van der Waals surface area contributed by atoms with Crippen LogP contribution in [0.25, 0.3) is 31.2 Å². The maximum Gasteiger partial charge on any atom is 0.246 e. The first-order chi connectivity index (χ1) is 29.3.